The Bertz CT molecular complexity index is 1710. The molecule has 1 aromatic rings. The molecule has 0 spiro atoms. The van der Waals surface area contributed by atoms with E-state index in [1.807, 2.05) is 12.1 Å². The normalized spacial score (nSPS) is 40.0. The van der Waals surface area contributed by atoms with Gasteiger partial charge >= 0.3 is 11.9 Å². The van der Waals surface area contributed by atoms with Gasteiger partial charge in [-0.3, -0.25) is 19.8 Å². The molecule has 2 heterocycles. The summed E-state index contributed by atoms with van der Waals surface area (Å²) >= 11 is 7.72. The number of nitrogens with zero attached hydrogens (tertiary/aromatic N) is 1. The van der Waals surface area contributed by atoms with Gasteiger partial charge in [0.25, 0.3) is 0 Å². The van der Waals surface area contributed by atoms with Crippen molar-refractivity contribution in [2.45, 2.75) is 139 Å². The van der Waals surface area contributed by atoms with E-state index in [-0.39, 0.29) is 51.8 Å². The van der Waals surface area contributed by atoms with E-state index >= 15 is 0 Å². The van der Waals surface area contributed by atoms with E-state index in [1.54, 1.807) is 13.8 Å². The van der Waals surface area contributed by atoms with E-state index in [0.717, 1.165) is 61.8 Å². The number of hydrogen-bond donors (Lipinski definition) is 2. The Labute approximate surface area is 312 Å². The number of carboxylic acids is 1. The quantitative estimate of drug-likeness (QED) is 0.268. The summed E-state index contributed by atoms with van der Waals surface area (Å²) in [6.45, 7) is 19.7. The second-order valence-electron chi connectivity index (χ2n) is 19.2. The van der Waals surface area contributed by atoms with Gasteiger partial charge in [-0.2, -0.15) is 0 Å². The lowest BCUT2D eigenvalue weighted by atomic mass is 9.33. The predicted molar refractivity (Wildman–Crippen MR) is 199 cm³/mol. The Morgan fingerprint density at radius 3 is 2.41 bits per heavy atom. The third-order valence-electron chi connectivity index (χ3n) is 15.7. The van der Waals surface area contributed by atoms with Crippen molar-refractivity contribution in [2.24, 2.45) is 61.3 Å². The standard InChI is InChI=1S/C41H57ClN2O6S/c1-22(2)31-24(45)20-41(34-44-43-33(50-34)25-11-13-29(42)51-25)19-18-39(8)23(32(31)41)10-12-27-38(7)16-15-28(49-30(46)21-36(3,4)35(47)48)37(5,6)26(38)14-17-40(27,39)9/h11,13,22-23,26-28,34,44H,10,12,14-21H2,1-9H3,(H,47,48)/t23-,26+,27-,28+,34?,38?,39-,40-,41-/m1/s1. The summed E-state index contributed by atoms with van der Waals surface area (Å²) in [7, 11) is 0. The molecule has 0 saturated heterocycles. The minimum atomic E-state index is -1.16. The molecule has 6 aliphatic rings. The molecule has 51 heavy (non-hydrogen) atoms. The molecular formula is C41H57ClN2O6S. The molecule has 7 rings (SSSR count). The molecule has 2 N–H and O–H groups in total. The summed E-state index contributed by atoms with van der Waals surface area (Å²) in [5, 5.41) is 14.3. The van der Waals surface area contributed by atoms with E-state index in [9.17, 15) is 19.5 Å². The monoisotopic (exact) mass is 740 g/mol. The maximum atomic E-state index is 14.1. The van der Waals surface area contributed by atoms with Gasteiger partial charge < -0.3 is 14.6 Å². The number of thiophene rings is 1. The molecule has 0 aromatic carbocycles. The summed E-state index contributed by atoms with van der Waals surface area (Å²) in [5.41, 5.74) is 4.06. The molecule has 10 heteroatoms. The highest BCUT2D eigenvalue weighted by molar-refractivity contribution is 7.18. The number of ketones is 1. The van der Waals surface area contributed by atoms with Crippen molar-refractivity contribution >= 4 is 46.6 Å². The van der Waals surface area contributed by atoms with Crippen LogP contribution in [0.25, 0.3) is 0 Å². The topological polar surface area (TPSA) is 114 Å². The van der Waals surface area contributed by atoms with Crippen LogP contribution in [0.15, 0.2) is 28.4 Å². The zero-order chi connectivity index (χ0) is 37.1. The van der Waals surface area contributed by atoms with Crippen LogP contribution in [0.5, 0.6) is 0 Å². The summed E-state index contributed by atoms with van der Waals surface area (Å²) < 4.78 is 13.5. The van der Waals surface area contributed by atoms with Gasteiger partial charge in [-0.25, -0.2) is 0 Å². The molecule has 5 aliphatic carbocycles. The number of fused-ring (bicyclic) bond motifs is 7. The van der Waals surface area contributed by atoms with Crippen LogP contribution in [-0.4, -0.2) is 41.1 Å². The van der Waals surface area contributed by atoms with Crippen molar-refractivity contribution in [3.05, 3.63) is 32.5 Å². The average molecular weight is 741 g/mol. The van der Waals surface area contributed by atoms with Gasteiger partial charge in [0.15, 0.2) is 12.0 Å². The summed E-state index contributed by atoms with van der Waals surface area (Å²) in [5.74, 6) is 0.712. The Morgan fingerprint density at radius 2 is 1.76 bits per heavy atom. The van der Waals surface area contributed by atoms with Crippen LogP contribution in [0.2, 0.25) is 4.34 Å². The van der Waals surface area contributed by atoms with Crippen molar-refractivity contribution in [2.75, 3.05) is 0 Å². The Hall–Kier alpha value is -2.39. The number of carboxylic acid groups (broad SMARTS) is 1. The molecule has 4 fully saturated rings. The smallest absolute Gasteiger partial charge is 0.309 e. The third-order valence-corrected chi connectivity index (χ3v) is 16.9. The number of allylic oxidation sites excluding steroid dienone is 1. The predicted octanol–water partition coefficient (Wildman–Crippen LogP) is 9.40. The van der Waals surface area contributed by atoms with Gasteiger partial charge in [-0.05, 0) is 128 Å². The van der Waals surface area contributed by atoms with Crippen LogP contribution in [-0.2, 0) is 23.9 Å². The van der Waals surface area contributed by atoms with Gasteiger partial charge in [0, 0.05) is 11.8 Å². The Morgan fingerprint density at radius 1 is 1.04 bits per heavy atom. The van der Waals surface area contributed by atoms with Crippen molar-refractivity contribution < 1.29 is 29.0 Å². The number of hydrogen-bond acceptors (Lipinski definition) is 8. The fraction of sp³-hybridized carbons (Fsp3) is 0.756. The van der Waals surface area contributed by atoms with E-state index in [0.29, 0.717) is 28.5 Å². The van der Waals surface area contributed by atoms with Crippen LogP contribution in [0.1, 0.15) is 131 Å². The van der Waals surface area contributed by atoms with Gasteiger partial charge in [0.2, 0.25) is 5.90 Å². The molecule has 4 saturated carbocycles. The van der Waals surface area contributed by atoms with Crippen LogP contribution in [0.4, 0.5) is 0 Å². The first kappa shape index (κ1) is 36.9. The molecule has 0 amide bonds. The number of Topliss-reactive ketones (excluding diaryl/α,β-unsaturated/α-hetero) is 1. The lowest BCUT2D eigenvalue weighted by Gasteiger charge is -2.72. The molecule has 8 nitrogen and oxygen atoms in total. The average Bonchev–Trinajstić information content (AvgIpc) is 3.76. The molecule has 1 aliphatic heterocycles. The van der Waals surface area contributed by atoms with Crippen molar-refractivity contribution in [3.63, 3.8) is 0 Å². The maximum Gasteiger partial charge on any atom is 0.309 e. The molecule has 2 unspecified atom stereocenters. The second kappa shape index (κ2) is 12.1. The fourth-order valence-electron chi connectivity index (χ4n) is 12.9. The first-order valence-electron chi connectivity index (χ1n) is 19.2. The SMILES string of the molecule is CC(C)C1=C2[C@H]3CC[C@@H]4C5(C)CC[C@H](OC(=O)CC(C)(C)C(=O)O)C(C)(C)[C@@H]5CC[C@@]4(C)[C@]3(C)CC[C@@]2(C2NN=C(c3ccc(Cl)s3)O2)CC1=O. The Balaban J connectivity index is 1.18. The van der Waals surface area contributed by atoms with Gasteiger partial charge in [-0.1, -0.05) is 60.1 Å². The number of aliphatic carboxylic acids is 1. The van der Waals surface area contributed by atoms with E-state index in [1.165, 1.54) is 16.9 Å². The van der Waals surface area contributed by atoms with Crippen LogP contribution in [0.3, 0.4) is 0 Å². The summed E-state index contributed by atoms with van der Waals surface area (Å²) in [6.07, 6.45) is 7.67. The van der Waals surface area contributed by atoms with Gasteiger partial charge in [-0.15, -0.1) is 16.4 Å². The third kappa shape index (κ3) is 5.31. The number of esters is 1. The number of ether oxygens (including phenoxy) is 2. The lowest BCUT2D eigenvalue weighted by Crippen LogP contribution is -2.66. The highest BCUT2D eigenvalue weighted by Crippen LogP contribution is 2.77. The highest BCUT2D eigenvalue weighted by atomic mass is 35.5. The largest absolute Gasteiger partial charge is 0.481 e. The maximum absolute atomic E-state index is 14.1. The van der Waals surface area contributed by atoms with Gasteiger partial charge in [0.1, 0.15) is 6.10 Å². The molecule has 1 aromatic heterocycles. The van der Waals surface area contributed by atoms with Gasteiger partial charge in [0.05, 0.1) is 26.5 Å². The summed E-state index contributed by atoms with van der Waals surface area (Å²) in [6, 6.07) is 3.81. The fourth-order valence-corrected chi connectivity index (χ4v) is 13.8. The highest BCUT2D eigenvalue weighted by Gasteiger charge is 2.71. The Kier molecular flexibility index (Phi) is 8.74. The molecule has 280 valence electrons. The first-order valence-corrected chi connectivity index (χ1v) is 20.4. The zero-order valence-electron chi connectivity index (χ0n) is 31.9. The van der Waals surface area contributed by atoms with E-state index in [4.69, 9.17) is 21.1 Å². The number of nitrogens with one attached hydrogen (secondary N) is 1. The summed E-state index contributed by atoms with van der Waals surface area (Å²) in [4.78, 5) is 39.8. The molecule has 9 atom stereocenters. The first-order chi connectivity index (χ1) is 23.7. The van der Waals surface area contributed by atoms with Crippen molar-refractivity contribution in [1.29, 1.82) is 0 Å². The van der Waals surface area contributed by atoms with Crippen LogP contribution < -0.4 is 5.43 Å². The van der Waals surface area contributed by atoms with E-state index in [2.05, 4.69) is 59.0 Å². The van der Waals surface area contributed by atoms with Crippen LogP contribution in [0, 0.1) is 56.2 Å². The zero-order valence-corrected chi connectivity index (χ0v) is 33.5. The number of hydrazone groups is 1. The minimum Gasteiger partial charge on any atom is -0.481 e. The van der Waals surface area contributed by atoms with Crippen LogP contribution >= 0.6 is 22.9 Å². The number of rotatable bonds is 7. The number of carbonyl (C=O) groups is 3. The molecular weight excluding hydrogens is 684 g/mol. The molecule has 0 radical (unpaired) electrons. The molecule has 0 bridgehead atoms. The minimum absolute atomic E-state index is 0.00688. The second-order valence-corrected chi connectivity index (χ2v) is 20.9. The van der Waals surface area contributed by atoms with Crippen molar-refractivity contribution in [1.82, 2.24) is 5.43 Å². The lowest BCUT2D eigenvalue weighted by molar-refractivity contribution is -0.235. The van der Waals surface area contributed by atoms with E-state index < -0.39 is 29.0 Å². The number of carbonyl (C=O) groups excluding carboxylic acids is 2. The number of halogens is 1. The van der Waals surface area contributed by atoms with Crippen molar-refractivity contribution in [3.8, 4) is 0 Å².